The highest BCUT2D eigenvalue weighted by atomic mass is 35.5. The molecule has 0 aliphatic rings. The molecule has 0 aliphatic carbocycles. The first-order valence-corrected chi connectivity index (χ1v) is 8.02. The molecule has 136 valence electrons. The van der Waals surface area contributed by atoms with Crippen molar-refractivity contribution in [3.05, 3.63) is 64.7 Å². The first kappa shape index (κ1) is 19.3. The molecule has 26 heavy (non-hydrogen) atoms. The lowest BCUT2D eigenvalue weighted by molar-refractivity contribution is -0.150. The molecule has 0 aliphatic heterocycles. The SMILES string of the molecule is NC(=O)c1ccccc1OCC(=O)OCC(=O)NCc1ccccc1Cl. The van der Waals surface area contributed by atoms with E-state index in [1.165, 1.54) is 12.1 Å². The third-order valence-corrected chi connectivity index (χ3v) is 3.66. The van der Waals surface area contributed by atoms with Crippen molar-refractivity contribution in [1.29, 1.82) is 0 Å². The van der Waals surface area contributed by atoms with Gasteiger partial charge in [-0.2, -0.15) is 0 Å². The molecule has 2 aromatic rings. The maximum atomic E-state index is 11.7. The summed E-state index contributed by atoms with van der Waals surface area (Å²) in [5.74, 6) is -1.74. The van der Waals surface area contributed by atoms with Crippen molar-refractivity contribution in [2.75, 3.05) is 13.2 Å². The van der Waals surface area contributed by atoms with Crippen LogP contribution in [0.25, 0.3) is 0 Å². The van der Waals surface area contributed by atoms with E-state index in [0.717, 1.165) is 5.56 Å². The zero-order chi connectivity index (χ0) is 18.9. The average molecular weight is 377 g/mol. The molecule has 0 heterocycles. The fraction of sp³-hybridized carbons (Fsp3) is 0.167. The molecule has 0 unspecified atom stereocenters. The van der Waals surface area contributed by atoms with Crippen molar-refractivity contribution < 1.29 is 23.9 Å². The van der Waals surface area contributed by atoms with Gasteiger partial charge in [0.05, 0.1) is 5.56 Å². The molecule has 0 spiro atoms. The van der Waals surface area contributed by atoms with E-state index in [0.29, 0.717) is 5.02 Å². The highest BCUT2D eigenvalue weighted by Gasteiger charge is 2.12. The smallest absolute Gasteiger partial charge is 0.344 e. The van der Waals surface area contributed by atoms with Gasteiger partial charge in [-0.05, 0) is 23.8 Å². The van der Waals surface area contributed by atoms with Crippen LogP contribution in [0.5, 0.6) is 5.75 Å². The molecule has 0 radical (unpaired) electrons. The number of carbonyl (C=O) groups is 3. The number of carbonyl (C=O) groups excluding carboxylic acids is 3. The number of rotatable bonds is 8. The zero-order valence-electron chi connectivity index (χ0n) is 13.7. The molecule has 2 rings (SSSR count). The lowest BCUT2D eigenvalue weighted by atomic mass is 10.2. The Bertz CT molecular complexity index is 810. The normalized spacial score (nSPS) is 10.0. The standard InChI is InChI=1S/C18H17ClN2O5/c19-14-7-3-1-5-12(14)9-21-16(22)10-26-17(23)11-25-15-8-4-2-6-13(15)18(20)24/h1-8H,9-11H2,(H2,20,24)(H,21,22). The molecular weight excluding hydrogens is 360 g/mol. The Morgan fingerprint density at radius 2 is 1.69 bits per heavy atom. The van der Waals surface area contributed by atoms with Gasteiger partial charge in [-0.1, -0.05) is 41.9 Å². The van der Waals surface area contributed by atoms with Gasteiger partial charge in [0.2, 0.25) is 0 Å². The second-order valence-electron chi connectivity index (χ2n) is 5.18. The van der Waals surface area contributed by atoms with E-state index >= 15 is 0 Å². The monoisotopic (exact) mass is 376 g/mol. The molecule has 0 bridgehead atoms. The van der Waals surface area contributed by atoms with Crippen LogP contribution in [0.1, 0.15) is 15.9 Å². The van der Waals surface area contributed by atoms with Crippen molar-refractivity contribution in [3.63, 3.8) is 0 Å². The zero-order valence-corrected chi connectivity index (χ0v) is 14.5. The van der Waals surface area contributed by atoms with Crippen LogP contribution in [-0.4, -0.2) is 31.0 Å². The number of hydrogen-bond acceptors (Lipinski definition) is 5. The highest BCUT2D eigenvalue weighted by molar-refractivity contribution is 6.31. The number of ether oxygens (including phenoxy) is 2. The number of benzene rings is 2. The lowest BCUT2D eigenvalue weighted by Gasteiger charge is -2.10. The van der Waals surface area contributed by atoms with Crippen molar-refractivity contribution >= 4 is 29.4 Å². The van der Waals surface area contributed by atoms with Crippen molar-refractivity contribution in [3.8, 4) is 5.75 Å². The maximum absolute atomic E-state index is 11.7. The summed E-state index contributed by atoms with van der Waals surface area (Å²) in [4.78, 5) is 34.6. The summed E-state index contributed by atoms with van der Waals surface area (Å²) in [6.45, 7) is -0.690. The minimum Gasteiger partial charge on any atom is -0.481 e. The Morgan fingerprint density at radius 1 is 1.00 bits per heavy atom. The number of esters is 1. The molecule has 8 heteroatoms. The predicted molar refractivity (Wildman–Crippen MR) is 94.7 cm³/mol. The summed E-state index contributed by atoms with van der Waals surface area (Å²) >= 11 is 5.98. The molecule has 0 fully saturated rings. The Hall–Kier alpha value is -3.06. The van der Waals surface area contributed by atoms with E-state index in [-0.39, 0.29) is 17.9 Å². The molecule has 0 aromatic heterocycles. The van der Waals surface area contributed by atoms with Crippen molar-refractivity contribution in [2.24, 2.45) is 5.73 Å². The number of para-hydroxylation sites is 1. The highest BCUT2D eigenvalue weighted by Crippen LogP contribution is 2.17. The molecule has 3 N–H and O–H groups in total. The minimum absolute atomic E-state index is 0.151. The fourth-order valence-corrected chi connectivity index (χ4v) is 2.21. The van der Waals surface area contributed by atoms with Gasteiger partial charge in [0, 0.05) is 11.6 Å². The molecule has 7 nitrogen and oxygen atoms in total. The number of primary amides is 1. The van der Waals surface area contributed by atoms with Crippen LogP contribution in [0.15, 0.2) is 48.5 Å². The van der Waals surface area contributed by atoms with Gasteiger partial charge in [0.15, 0.2) is 13.2 Å². The van der Waals surface area contributed by atoms with E-state index in [9.17, 15) is 14.4 Å². The van der Waals surface area contributed by atoms with E-state index in [1.54, 1.807) is 36.4 Å². The van der Waals surface area contributed by atoms with Gasteiger partial charge < -0.3 is 20.5 Å². The van der Waals surface area contributed by atoms with Crippen molar-refractivity contribution in [1.82, 2.24) is 5.32 Å². The van der Waals surface area contributed by atoms with Crippen LogP contribution in [0.3, 0.4) is 0 Å². The topological polar surface area (TPSA) is 108 Å². The molecule has 2 aromatic carbocycles. The van der Waals surface area contributed by atoms with Gasteiger partial charge in [-0.3, -0.25) is 9.59 Å². The maximum Gasteiger partial charge on any atom is 0.344 e. The number of nitrogens with one attached hydrogen (secondary N) is 1. The van der Waals surface area contributed by atoms with E-state index in [4.69, 9.17) is 26.8 Å². The van der Waals surface area contributed by atoms with Gasteiger partial charge in [-0.15, -0.1) is 0 Å². The third kappa shape index (κ3) is 5.78. The summed E-state index contributed by atoms with van der Waals surface area (Å²) in [7, 11) is 0. The summed E-state index contributed by atoms with van der Waals surface area (Å²) < 4.78 is 10.0. The molecular formula is C18H17ClN2O5. The number of amides is 2. The third-order valence-electron chi connectivity index (χ3n) is 3.30. The second kappa shape index (κ2) is 9.43. The van der Waals surface area contributed by atoms with E-state index in [1.807, 2.05) is 0 Å². The summed E-state index contributed by atoms with van der Waals surface area (Å²) in [5.41, 5.74) is 6.11. The molecule has 0 atom stereocenters. The molecule has 0 saturated heterocycles. The first-order valence-electron chi connectivity index (χ1n) is 7.64. The molecule has 0 saturated carbocycles. The Labute approximate surface area is 155 Å². The van der Waals surface area contributed by atoms with Crippen LogP contribution in [0.2, 0.25) is 5.02 Å². The van der Waals surface area contributed by atoms with Gasteiger partial charge >= 0.3 is 5.97 Å². The fourth-order valence-electron chi connectivity index (χ4n) is 2.01. The number of hydrogen-bond donors (Lipinski definition) is 2. The average Bonchev–Trinajstić information content (AvgIpc) is 2.64. The van der Waals surface area contributed by atoms with Gasteiger partial charge in [0.1, 0.15) is 5.75 Å². The Morgan fingerprint density at radius 3 is 2.42 bits per heavy atom. The summed E-state index contributed by atoms with van der Waals surface area (Å²) in [5, 5.41) is 3.12. The lowest BCUT2D eigenvalue weighted by Crippen LogP contribution is -2.29. The van der Waals surface area contributed by atoms with Crippen LogP contribution in [0.4, 0.5) is 0 Å². The summed E-state index contributed by atoms with van der Waals surface area (Å²) in [6, 6.07) is 13.3. The Kier molecular flexibility index (Phi) is 6.99. The Balaban J connectivity index is 1.74. The van der Waals surface area contributed by atoms with Crippen LogP contribution < -0.4 is 15.8 Å². The van der Waals surface area contributed by atoms with E-state index < -0.39 is 31.0 Å². The second-order valence-corrected chi connectivity index (χ2v) is 5.59. The summed E-state index contributed by atoms with van der Waals surface area (Å²) in [6.07, 6.45) is 0. The van der Waals surface area contributed by atoms with Crippen LogP contribution in [-0.2, 0) is 20.9 Å². The quantitative estimate of drug-likeness (QED) is 0.681. The van der Waals surface area contributed by atoms with Gasteiger partial charge in [0.25, 0.3) is 11.8 Å². The van der Waals surface area contributed by atoms with Crippen LogP contribution >= 0.6 is 11.6 Å². The first-order chi connectivity index (χ1) is 12.5. The van der Waals surface area contributed by atoms with Gasteiger partial charge in [-0.25, -0.2) is 4.79 Å². The molecule has 2 amide bonds. The largest absolute Gasteiger partial charge is 0.481 e. The minimum atomic E-state index is -0.753. The number of nitrogens with two attached hydrogens (primary N) is 1. The predicted octanol–water partition coefficient (Wildman–Crippen LogP) is 1.68. The number of halogens is 1. The van der Waals surface area contributed by atoms with Crippen molar-refractivity contribution in [2.45, 2.75) is 6.54 Å². The van der Waals surface area contributed by atoms with E-state index in [2.05, 4.69) is 5.32 Å². The van der Waals surface area contributed by atoms with Crippen LogP contribution in [0, 0.1) is 0 Å².